The fourth-order valence-electron chi connectivity index (χ4n) is 3.84. The number of benzene rings is 1. The number of halogens is 2. The van der Waals surface area contributed by atoms with Gasteiger partial charge in [-0.15, -0.1) is 23.7 Å². The number of thiazole rings is 1. The van der Waals surface area contributed by atoms with Crippen molar-refractivity contribution in [2.75, 3.05) is 32.7 Å². The van der Waals surface area contributed by atoms with E-state index in [0.717, 1.165) is 35.5 Å². The maximum atomic E-state index is 13.1. The summed E-state index contributed by atoms with van der Waals surface area (Å²) >= 11 is 7.43. The van der Waals surface area contributed by atoms with E-state index in [9.17, 15) is 13.2 Å². The van der Waals surface area contributed by atoms with Crippen LogP contribution in [0.5, 0.6) is 0 Å². The van der Waals surface area contributed by atoms with E-state index in [-0.39, 0.29) is 36.4 Å². The fourth-order valence-corrected chi connectivity index (χ4v) is 6.50. The summed E-state index contributed by atoms with van der Waals surface area (Å²) in [6, 6.07) is 6.80. The minimum atomic E-state index is -3.68. The fraction of sp³-hybridized carbons (Fsp3) is 0.368. The van der Waals surface area contributed by atoms with Gasteiger partial charge in [0, 0.05) is 66.5 Å². The first kappa shape index (κ1) is 22.5. The topological polar surface area (TPSA) is 98.4 Å². The first-order valence-corrected chi connectivity index (χ1v) is 12.3. The van der Waals surface area contributed by atoms with Crippen molar-refractivity contribution in [1.29, 1.82) is 0 Å². The highest BCUT2D eigenvalue weighted by Gasteiger charge is 2.32. The molecule has 2 aromatic heterocycles. The Hall–Kier alpha value is -1.69. The zero-order valence-corrected chi connectivity index (χ0v) is 19.6. The van der Waals surface area contributed by atoms with Gasteiger partial charge in [0.05, 0.1) is 5.69 Å². The van der Waals surface area contributed by atoms with Gasteiger partial charge >= 0.3 is 0 Å². The van der Waals surface area contributed by atoms with Crippen molar-refractivity contribution in [3.63, 3.8) is 0 Å². The molecule has 2 aliphatic rings. The van der Waals surface area contributed by atoms with Crippen LogP contribution in [0.25, 0.3) is 10.9 Å². The van der Waals surface area contributed by atoms with Crippen molar-refractivity contribution in [3.05, 3.63) is 44.9 Å². The second-order valence-electron chi connectivity index (χ2n) is 7.38. The lowest BCUT2D eigenvalue weighted by Gasteiger charge is -2.33. The highest BCUT2D eigenvalue weighted by molar-refractivity contribution is 7.89. The third-order valence-corrected chi connectivity index (χ3v) is 8.63. The molecule has 2 N–H and O–H groups in total. The number of carbonyl (C=O) groups excluding carboxylic acids is 1. The molecule has 0 radical (unpaired) electrons. The van der Waals surface area contributed by atoms with E-state index in [4.69, 9.17) is 11.6 Å². The molecule has 3 aromatic rings. The van der Waals surface area contributed by atoms with Gasteiger partial charge in [0.25, 0.3) is 15.9 Å². The van der Waals surface area contributed by atoms with Crippen LogP contribution in [0.15, 0.2) is 29.3 Å². The molecule has 0 bridgehead atoms. The van der Waals surface area contributed by atoms with Gasteiger partial charge in [0.2, 0.25) is 0 Å². The van der Waals surface area contributed by atoms with Crippen LogP contribution in [0.1, 0.15) is 20.4 Å². The number of fused-ring (bicyclic) bond motifs is 2. The van der Waals surface area contributed by atoms with Gasteiger partial charge in [0.15, 0.2) is 5.01 Å². The molecule has 31 heavy (non-hydrogen) atoms. The number of amides is 1. The Labute approximate surface area is 195 Å². The summed E-state index contributed by atoms with van der Waals surface area (Å²) in [4.78, 5) is 23.1. The molecule has 2 aliphatic heterocycles. The monoisotopic (exact) mass is 501 g/mol. The smallest absolute Gasteiger partial charge is 0.282 e. The minimum Gasteiger partial charge on any atom is -0.345 e. The van der Waals surface area contributed by atoms with Gasteiger partial charge in [-0.25, -0.2) is 13.4 Å². The van der Waals surface area contributed by atoms with E-state index in [2.05, 4.69) is 15.3 Å². The Morgan fingerprint density at radius 3 is 2.68 bits per heavy atom. The molecule has 4 heterocycles. The second-order valence-corrected chi connectivity index (χ2v) is 10.8. The molecule has 5 rings (SSSR count). The van der Waals surface area contributed by atoms with Crippen LogP contribution in [0.3, 0.4) is 0 Å². The maximum absolute atomic E-state index is 13.1. The van der Waals surface area contributed by atoms with Crippen LogP contribution in [0, 0.1) is 0 Å². The average molecular weight is 502 g/mol. The number of nitrogens with zero attached hydrogens (tertiary/aromatic N) is 3. The summed E-state index contributed by atoms with van der Waals surface area (Å²) in [5.74, 6) is -0.119. The number of hydrogen-bond donors (Lipinski definition) is 2. The Morgan fingerprint density at radius 1 is 1.16 bits per heavy atom. The molecule has 1 aromatic carbocycles. The molecule has 166 valence electrons. The Balaban J connectivity index is 0.00000231. The lowest BCUT2D eigenvalue weighted by molar-refractivity contribution is 0.0697. The molecular weight excluding hydrogens is 481 g/mol. The van der Waals surface area contributed by atoms with E-state index < -0.39 is 10.0 Å². The molecular formula is C19H21Cl2N5O3S2. The number of piperazine rings is 1. The summed E-state index contributed by atoms with van der Waals surface area (Å²) in [7, 11) is -3.68. The summed E-state index contributed by atoms with van der Waals surface area (Å²) < 4.78 is 27.5. The number of hydrogen-bond acceptors (Lipinski definition) is 6. The van der Waals surface area contributed by atoms with Crippen LogP contribution in [-0.2, 0) is 23.0 Å². The molecule has 8 nitrogen and oxygen atoms in total. The molecule has 0 aliphatic carbocycles. The van der Waals surface area contributed by atoms with E-state index in [0.29, 0.717) is 28.6 Å². The molecule has 12 heteroatoms. The second kappa shape index (κ2) is 8.68. The third-order valence-electron chi connectivity index (χ3n) is 5.49. The highest BCUT2D eigenvalue weighted by atomic mass is 35.5. The van der Waals surface area contributed by atoms with E-state index >= 15 is 0 Å². The number of sulfonamides is 1. The molecule has 0 spiro atoms. The summed E-state index contributed by atoms with van der Waals surface area (Å²) in [5.41, 5.74) is 1.72. The third kappa shape index (κ3) is 4.20. The summed E-state index contributed by atoms with van der Waals surface area (Å²) in [6.07, 6.45) is 0.834. The zero-order chi connectivity index (χ0) is 20.9. The van der Waals surface area contributed by atoms with Crippen molar-refractivity contribution in [1.82, 2.24) is 24.5 Å². The van der Waals surface area contributed by atoms with E-state index in [1.165, 1.54) is 15.6 Å². The number of aromatic nitrogens is 2. The van der Waals surface area contributed by atoms with Crippen LogP contribution in [-0.4, -0.2) is 66.2 Å². The Bertz CT molecular complexity index is 1210. The molecule has 0 atom stereocenters. The van der Waals surface area contributed by atoms with Gasteiger partial charge in [-0.2, -0.15) is 4.31 Å². The number of carbonyl (C=O) groups is 1. The van der Waals surface area contributed by atoms with Gasteiger partial charge in [0.1, 0.15) is 5.03 Å². The molecule has 1 amide bonds. The van der Waals surface area contributed by atoms with Crippen LogP contribution < -0.4 is 5.32 Å². The minimum absolute atomic E-state index is 0. The largest absolute Gasteiger partial charge is 0.345 e. The normalized spacial score (nSPS) is 17.4. The van der Waals surface area contributed by atoms with E-state index in [1.54, 1.807) is 29.2 Å². The molecule has 1 saturated heterocycles. The average Bonchev–Trinajstić information content (AvgIpc) is 3.37. The van der Waals surface area contributed by atoms with E-state index in [1.807, 2.05) is 0 Å². The van der Waals surface area contributed by atoms with Crippen LogP contribution in [0.2, 0.25) is 5.02 Å². The van der Waals surface area contributed by atoms with Crippen LogP contribution in [0.4, 0.5) is 0 Å². The zero-order valence-electron chi connectivity index (χ0n) is 16.4. The van der Waals surface area contributed by atoms with Crippen molar-refractivity contribution >= 4 is 62.2 Å². The Kier molecular flexibility index (Phi) is 6.30. The van der Waals surface area contributed by atoms with Crippen molar-refractivity contribution in [2.45, 2.75) is 18.0 Å². The van der Waals surface area contributed by atoms with Crippen LogP contribution >= 0.6 is 35.3 Å². The summed E-state index contributed by atoms with van der Waals surface area (Å²) in [6.45, 7) is 2.80. The first-order chi connectivity index (χ1) is 14.4. The predicted molar refractivity (Wildman–Crippen MR) is 123 cm³/mol. The van der Waals surface area contributed by atoms with Gasteiger partial charge in [-0.1, -0.05) is 11.6 Å². The van der Waals surface area contributed by atoms with Gasteiger partial charge < -0.3 is 15.2 Å². The Morgan fingerprint density at radius 2 is 1.94 bits per heavy atom. The number of nitrogens with one attached hydrogen (secondary N) is 2. The molecule has 0 saturated carbocycles. The molecule has 1 fully saturated rings. The quantitative estimate of drug-likeness (QED) is 0.574. The number of H-pyrrole nitrogens is 1. The number of aromatic amines is 1. The SMILES string of the molecule is Cl.O=C(c1nc2c(s1)CNCC2)N1CCN(S(=O)(=O)c2cc3cc(Cl)ccc3[nH]2)CC1. The summed E-state index contributed by atoms with van der Waals surface area (Å²) in [5, 5.41) is 5.22. The maximum Gasteiger partial charge on any atom is 0.282 e. The lowest BCUT2D eigenvalue weighted by Crippen LogP contribution is -2.50. The van der Waals surface area contributed by atoms with Crippen molar-refractivity contribution in [2.24, 2.45) is 0 Å². The van der Waals surface area contributed by atoms with Gasteiger partial charge in [-0.3, -0.25) is 4.79 Å². The highest BCUT2D eigenvalue weighted by Crippen LogP contribution is 2.26. The standard InChI is InChI=1S/C19H20ClN5O3S2.ClH/c20-13-1-2-14-12(9-13)10-17(22-14)30(27,28)25-7-5-24(6-8-25)19(26)18-23-15-3-4-21-11-16(15)29-18;/h1-2,9-10,21-22H,3-8,11H2;1H. The lowest BCUT2D eigenvalue weighted by atomic mass is 10.2. The van der Waals surface area contributed by atoms with Crippen molar-refractivity contribution in [3.8, 4) is 0 Å². The first-order valence-electron chi connectivity index (χ1n) is 9.69. The van der Waals surface area contributed by atoms with Gasteiger partial charge in [-0.05, 0) is 24.3 Å². The molecule has 0 unspecified atom stereocenters. The van der Waals surface area contributed by atoms with Crippen molar-refractivity contribution < 1.29 is 13.2 Å². The predicted octanol–water partition coefficient (Wildman–Crippen LogP) is 2.49. The number of rotatable bonds is 3.